The number of benzene rings is 1. The van der Waals surface area contributed by atoms with Gasteiger partial charge in [0.15, 0.2) is 0 Å². The minimum atomic E-state index is 0.292. The molecule has 0 aromatic heterocycles. The quantitative estimate of drug-likeness (QED) is 0.845. The van der Waals surface area contributed by atoms with Gasteiger partial charge in [-0.05, 0) is 54.9 Å². The summed E-state index contributed by atoms with van der Waals surface area (Å²) in [6.45, 7) is 3.36. The summed E-state index contributed by atoms with van der Waals surface area (Å²) in [7, 11) is 0. The van der Waals surface area contributed by atoms with E-state index in [2.05, 4.69) is 46.2 Å². The van der Waals surface area contributed by atoms with Crippen molar-refractivity contribution in [1.82, 2.24) is 10.2 Å². The van der Waals surface area contributed by atoms with Crippen molar-refractivity contribution >= 4 is 11.8 Å². The average Bonchev–Trinajstić information content (AvgIpc) is 3.02. The molecule has 2 N–H and O–H groups in total. The average molecular weight is 321 g/mol. The van der Waals surface area contributed by atoms with Crippen molar-refractivity contribution in [2.45, 2.75) is 50.9 Å². The first-order valence-electron chi connectivity index (χ1n) is 8.59. The molecule has 1 aromatic carbocycles. The first kappa shape index (κ1) is 16.3. The van der Waals surface area contributed by atoms with Gasteiger partial charge in [-0.25, -0.2) is 0 Å². The lowest BCUT2D eigenvalue weighted by atomic mass is 10.1. The van der Waals surface area contributed by atoms with Gasteiger partial charge in [0, 0.05) is 25.2 Å². The van der Waals surface area contributed by atoms with Gasteiger partial charge >= 0.3 is 0 Å². The van der Waals surface area contributed by atoms with E-state index in [0.717, 1.165) is 26.1 Å². The fraction of sp³-hybridized carbons (Fsp3) is 0.667. The van der Waals surface area contributed by atoms with Crippen LogP contribution in [0, 0.1) is 0 Å². The highest BCUT2D eigenvalue weighted by Gasteiger charge is 2.24. The van der Waals surface area contributed by atoms with E-state index < -0.39 is 0 Å². The number of likely N-dealkylation sites (tertiary alicyclic amines) is 1. The Morgan fingerprint density at radius 2 is 1.91 bits per heavy atom. The first-order chi connectivity index (χ1) is 10.9. The molecule has 0 saturated carbocycles. The van der Waals surface area contributed by atoms with E-state index in [1.165, 1.54) is 41.9 Å². The number of rotatable bonds is 6. The molecule has 3 nitrogen and oxygen atoms in total. The van der Waals surface area contributed by atoms with Crippen molar-refractivity contribution in [3.05, 3.63) is 35.4 Å². The van der Waals surface area contributed by atoms with Crippen LogP contribution in [0.15, 0.2) is 24.3 Å². The molecule has 2 aliphatic heterocycles. The van der Waals surface area contributed by atoms with Crippen molar-refractivity contribution < 1.29 is 5.11 Å². The third-order valence-electron chi connectivity index (χ3n) is 5.00. The third kappa shape index (κ3) is 4.25. The SMILES string of the molecule is OC[C@@H]1CCCN1Cc1ccccc1CNC1CCSCC1. The van der Waals surface area contributed by atoms with E-state index in [0.29, 0.717) is 18.7 Å². The fourth-order valence-electron chi connectivity index (χ4n) is 3.57. The zero-order chi connectivity index (χ0) is 15.2. The smallest absolute Gasteiger partial charge is 0.0587 e. The highest BCUT2D eigenvalue weighted by Crippen LogP contribution is 2.22. The number of thioether (sulfide) groups is 1. The van der Waals surface area contributed by atoms with Crippen molar-refractivity contribution in [2.75, 3.05) is 24.7 Å². The Balaban J connectivity index is 1.59. The topological polar surface area (TPSA) is 35.5 Å². The second-order valence-electron chi connectivity index (χ2n) is 6.49. The standard InChI is InChI=1S/C18H28N2OS/c21-14-18-6-3-9-20(18)13-16-5-2-1-4-15(16)12-19-17-7-10-22-11-8-17/h1-2,4-5,17-19,21H,3,6-14H2/t18-/m0/s1. The number of aliphatic hydroxyl groups is 1. The van der Waals surface area contributed by atoms with Gasteiger partial charge in [-0.2, -0.15) is 11.8 Å². The van der Waals surface area contributed by atoms with Crippen molar-refractivity contribution in [3.8, 4) is 0 Å². The van der Waals surface area contributed by atoms with E-state index in [-0.39, 0.29) is 0 Å². The number of nitrogens with zero attached hydrogens (tertiary/aromatic N) is 1. The summed E-state index contributed by atoms with van der Waals surface area (Å²) in [5, 5.41) is 13.2. The zero-order valence-corrected chi connectivity index (χ0v) is 14.2. The molecular formula is C18H28N2OS. The monoisotopic (exact) mass is 320 g/mol. The van der Waals surface area contributed by atoms with Gasteiger partial charge in [0.2, 0.25) is 0 Å². The molecule has 3 rings (SSSR count). The molecule has 0 amide bonds. The molecular weight excluding hydrogens is 292 g/mol. The molecule has 0 spiro atoms. The minimum absolute atomic E-state index is 0.292. The molecule has 0 radical (unpaired) electrons. The second kappa shape index (κ2) is 8.34. The molecule has 2 aliphatic rings. The normalized spacial score (nSPS) is 24.0. The number of nitrogens with one attached hydrogen (secondary N) is 1. The van der Waals surface area contributed by atoms with Gasteiger partial charge in [0.25, 0.3) is 0 Å². The van der Waals surface area contributed by atoms with Crippen LogP contribution in [0.4, 0.5) is 0 Å². The lowest BCUT2D eigenvalue weighted by Crippen LogP contribution is -2.34. The minimum Gasteiger partial charge on any atom is -0.395 e. The molecule has 1 atom stereocenters. The molecule has 4 heteroatoms. The Labute approximate surface area is 138 Å². The van der Waals surface area contributed by atoms with Crippen LogP contribution in [-0.2, 0) is 13.1 Å². The predicted molar refractivity (Wildman–Crippen MR) is 94.1 cm³/mol. The Morgan fingerprint density at radius 3 is 2.68 bits per heavy atom. The van der Waals surface area contributed by atoms with Gasteiger partial charge < -0.3 is 10.4 Å². The summed E-state index contributed by atoms with van der Waals surface area (Å²) in [6.07, 6.45) is 4.94. The predicted octanol–water partition coefficient (Wildman–Crippen LogP) is 2.63. The lowest BCUT2D eigenvalue weighted by Gasteiger charge is -2.26. The summed E-state index contributed by atoms with van der Waals surface area (Å²) in [5.74, 6) is 2.59. The summed E-state index contributed by atoms with van der Waals surface area (Å²) >= 11 is 2.08. The zero-order valence-electron chi connectivity index (χ0n) is 13.3. The Bertz CT molecular complexity index is 462. The van der Waals surface area contributed by atoms with Crippen LogP contribution in [0.25, 0.3) is 0 Å². The molecule has 1 aromatic rings. The molecule has 0 bridgehead atoms. The lowest BCUT2D eigenvalue weighted by molar-refractivity contribution is 0.153. The highest BCUT2D eigenvalue weighted by molar-refractivity contribution is 7.99. The maximum absolute atomic E-state index is 9.50. The third-order valence-corrected chi connectivity index (χ3v) is 6.05. The van der Waals surface area contributed by atoms with E-state index in [1.807, 2.05) is 0 Å². The van der Waals surface area contributed by atoms with E-state index >= 15 is 0 Å². The number of hydrogen-bond donors (Lipinski definition) is 2. The van der Waals surface area contributed by atoms with Crippen molar-refractivity contribution in [3.63, 3.8) is 0 Å². The van der Waals surface area contributed by atoms with Crippen molar-refractivity contribution in [1.29, 1.82) is 0 Å². The van der Waals surface area contributed by atoms with Crippen LogP contribution < -0.4 is 5.32 Å². The summed E-state index contributed by atoms with van der Waals surface area (Å²) in [6, 6.07) is 9.83. The maximum Gasteiger partial charge on any atom is 0.0587 e. The van der Waals surface area contributed by atoms with E-state index in [9.17, 15) is 5.11 Å². The van der Waals surface area contributed by atoms with Crippen LogP contribution in [0.5, 0.6) is 0 Å². The largest absolute Gasteiger partial charge is 0.395 e. The van der Waals surface area contributed by atoms with Gasteiger partial charge in [-0.15, -0.1) is 0 Å². The van der Waals surface area contributed by atoms with Crippen LogP contribution in [0.1, 0.15) is 36.8 Å². The Morgan fingerprint density at radius 1 is 1.14 bits per heavy atom. The van der Waals surface area contributed by atoms with Gasteiger partial charge in [0.05, 0.1) is 6.61 Å². The molecule has 2 saturated heterocycles. The van der Waals surface area contributed by atoms with Crippen molar-refractivity contribution in [2.24, 2.45) is 0 Å². The molecule has 0 unspecified atom stereocenters. The van der Waals surface area contributed by atoms with E-state index in [4.69, 9.17) is 0 Å². The summed E-state index contributed by atoms with van der Waals surface area (Å²) in [5.41, 5.74) is 2.84. The van der Waals surface area contributed by atoms with Crippen LogP contribution in [0.2, 0.25) is 0 Å². The summed E-state index contributed by atoms with van der Waals surface area (Å²) in [4.78, 5) is 2.44. The molecule has 22 heavy (non-hydrogen) atoms. The molecule has 2 heterocycles. The number of hydrogen-bond acceptors (Lipinski definition) is 4. The van der Waals surface area contributed by atoms with Crippen LogP contribution in [-0.4, -0.2) is 46.7 Å². The Kier molecular flexibility index (Phi) is 6.19. The summed E-state index contributed by atoms with van der Waals surface area (Å²) < 4.78 is 0. The maximum atomic E-state index is 9.50. The Hall–Kier alpha value is -0.550. The second-order valence-corrected chi connectivity index (χ2v) is 7.71. The number of aliphatic hydroxyl groups excluding tert-OH is 1. The van der Waals surface area contributed by atoms with Gasteiger partial charge in [0.1, 0.15) is 0 Å². The van der Waals surface area contributed by atoms with Crippen LogP contribution >= 0.6 is 11.8 Å². The van der Waals surface area contributed by atoms with E-state index in [1.54, 1.807) is 0 Å². The molecule has 2 fully saturated rings. The highest BCUT2D eigenvalue weighted by atomic mass is 32.2. The van der Waals surface area contributed by atoms with Gasteiger partial charge in [-0.1, -0.05) is 24.3 Å². The van der Waals surface area contributed by atoms with Gasteiger partial charge in [-0.3, -0.25) is 4.90 Å². The molecule has 122 valence electrons. The molecule has 0 aliphatic carbocycles. The fourth-order valence-corrected chi connectivity index (χ4v) is 4.68. The first-order valence-corrected chi connectivity index (χ1v) is 9.75. The van der Waals surface area contributed by atoms with Crippen LogP contribution in [0.3, 0.4) is 0 Å².